The van der Waals surface area contributed by atoms with Crippen molar-refractivity contribution in [3.8, 4) is 0 Å². The summed E-state index contributed by atoms with van der Waals surface area (Å²) in [6.07, 6.45) is 0. The summed E-state index contributed by atoms with van der Waals surface area (Å²) in [5.41, 5.74) is 0.311. The first-order valence-corrected chi connectivity index (χ1v) is 6.14. The van der Waals surface area contributed by atoms with Crippen LogP contribution < -0.4 is 5.32 Å². The van der Waals surface area contributed by atoms with Crippen LogP contribution >= 0.6 is 11.6 Å². The molecule has 0 aromatic heterocycles. The van der Waals surface area contributed by atoms with E-state index in [0.717, 1.165) is 0 Å². The number of anilines is 1. The van der Waals surface area contributed by atoms with Crippen LogP contribution in [0.2, 0.25) is 5.02 Å². The van der Waals surface area contributed by atoms with Crippen molar-refractivity contribution >= 4 is 32.2 Å². The summed E-state index contributed by atoms with van der Waals surface area (Å²) in [5.74, 6) is 0. The number of carbonyl (C=O) groups excluding carboxylic acids is 1. The lowest BCUT2D eigenvalue weighted by Crippen LogP contribution is -2.37. The average molecular weight is 246 g/mol. The molecule has 1 atom stereocenters. The molecule has 0 aliphatic carbocycles. The number of hydrogen-bond donors (Lipinski definition) is 1. The lowest BCUT2D eigenvalue weighted by molar-refractivity contribution is -0.112. The minimum atomic E-state index is -3.88. The van der Waals surface area contributed by atoms with E-state index in [1.165, 1.54) is 19.1 Å². The zero-order valence-electron chi connectivity index (χ0n) is 7.82. The molecule has 1 aromatic rings. The Kier molecular flexibility index (Phi) is 2.24. The molecule has 1 aliphatic rings. The van der Waals surface area contributed by atoms with E-state index in [9.17, 15) is 13.2 Å². The molecule has 0 saturated carbocycles. The standard InChI is InChI=1S/C9H8ClNO3S/c1-5-9(12)15(13,14)7-4-2-3-6(10)8(7)11-5/h2-5,11H,1H3. The van der Waals surface area contributed by atoms with Gasteiger partial charge in [0.2, 0.25) is 9.84 Å². The van der Waals surface area contributed by atoms with Crippen molar-refractivity contribution in [2.45, 2.75) is 17.9 Å². The Morgan fingerprint density at radius 3 is 2.73 bits per heavy atom. The van der Waals surface area contributed by atoms with Gasteiger partial charge in [0.25, 0.3) is 5.12 Å². The second kappa shape index (κ2) is 3.21. The highest BCUT2D eigenvalue weighted by atomic mass is 35.5. The maximum atomic E-state index is 11.7. The smallest absolute Gasteiger partial charge is 0.272 e. The summed E-state index contributed by atoms with van der Waals surface area (Å²) >= 11 is 5.84. The third-order valence-electron chi connectivity index (χ3n) is 2.24. The van der Waals surface area contributed by atoms with Crippen LogP contribution in [0.15, 0.2) is 23.1 Å². The fourth-order valence-electron chi connectivity index (χ4n) is 1.48. The van der Waals surface area contributed by atoms with Crippen LogP contribution in [0.4, 0.5) is 5.69 Å². The van der Waals surface area contributed by atoms with E-state index in [1.807, 2.05) is 0 Å². The number of para-hydroxylation sites is 1. The molecular formula is C9H8ClNO3S. The highest BCUT2D eigenvalue weighted by Crippen LogP contribution is 2.34. The summed E-state index contributed by atoms with van der Waals surface area (Å²) in [6.45, 7) is 1.49. The van der Waals surface area contributed by atoms with Crippen LogP contribution in [0.5, 0.6) is 0 Å². The number of carbonyl (C=O) groups is 1. The van der Waals surface area contributed by atoms with Gasteiger partial charge in [0.05, 0.1) is 21.6 Å². The molecule has 2 rings (SSSR count). The first-order chi connectivity index (χ1) is 6.94. The zero-order valence-corrected chi connectivity index (χ0v) is 9.39. The van der Waals surface area contributed by atoms with Gasteiger partial charge in [-0.1, -0.05) is 17.7 Å². The Morgan fingerprint density at radius 2 is 2.07 bits per heavy atom. The molecule has 80 valence electrons. The third-order valence-corrected chi connectivity index (χ3v) is 4.36. The summed E-state index contributed by atoms with van der Waals surface area (Å²) in [6, 6.07) is 3.69. The Labute approximate surface area is 92.2 Å². The van der Waals surface area contributed by atoms with E-state index in [4.69, 9.17) is 11.6 Å². The highest BCUT2D eigenvalue weighted by molar-refractivity contribution is 8.06. The molecule has 0 radical (unpaired) electrons. The second-order valence-electron chi connectivity index (χ2n) is 3.30. The normalized spacial score (nSPS) is 23.1. The molecular weight excluding hydrogens is 238 g/mol. The van der Waals surface area contributed by atoms with Crippen molar-refractivity contribution in [3.05, 3.63) is 23.2 Å². The highest BCUT2D eigenvalue weighted by Gasteiger charge is 2.37. The van der Waals surface area contributed by atoms with Gasteiger partial charge >= 0.3 is 0 Å². The van der Waals surface area contributed by atoms with Crippen LogP contribution in [-0.4, -0.2) is 19.6 Å². The van der Waals surface area contributed by atoms with E-state index in [1.54, 1.807) is 6.07 Å². The van der Waals surface area contributed by atoms with Crippen molar-refractivity contribution in [3.63, 3.8) is 0 Å². The SMILES string of the molecule is CC1Nc2c(Cl)cccc2S(=O)(=O)C1=O. The van der Waals surface area contributed by atoms with Gasteiger partial charge in [0.1, 0.15) is 0 Å². The summed E-state index contributed by atoms with van der Waals surface area (Å²) in [5, 5.41) is 2.25. The monoisotopic (exact) mass is 245 g/mol. The van der Waals surface area contributed by atoms with E-state index in [-0.39, 0.29) is 4.90 Å². The summed E-state index contributed by atoms with van der Waals surface area (Å²) in [4.78, 5) is 11.4. The van der Waals surface area contributed by atoms with Crippen LogP contribution in [0, 0.1) is 0 Å². The van der Waals surface area contributed by atoms with E-state index < -0.39 is 21.0 Å². The number of nitrogens with one attached hydrogen (secondary N) is 1. The molecule has 6 heteroatoms. The molecule has 4 nitrogen and oxygen atoms in total. The molecule has 1 N–H and O–H groups in total. The molecule has 0 saturated heterocycles. The number of sulfone groups is 1. The van der Waals surface area contributed by atoms with Crippen molar-refractivity contribution in [2.24, 2.45) is 0 Å². The van der Waals surface area contributed by atoms with Crippen molar-refractivity contribution in [2.75, 3.05) is 5.32 Å². The molecule has 15 heavy (non-hydrogen) atoms. The molecule has 1 unspecified atom stereocenters. The van der Waals surface area contributed by atoms with Crippen LogP contribution in [0.1, 0.15) is 6.92 Å². The molecule has 0 amide bonds. The Balaban J connectivity index is 2.78. The first-order valence-electron chi connectivity index (χ1n) is 4.28. The number of rotatable bonds is 0. The van der Waals surface area contributed by atoms with Crippen LogP contribution in [0.25, 0.3) is 0 Å². The number of halogens is 1. The lowest BCUT2D eigenvalue weighted by Gasteiger charge is -2.23. The minimum Gasteiger partial charge on any atom is -0.372 e. The molecule has 1 aliphatic heterocycles. The molecule has 1 aromatic carbocycles. The van der Waals surface area contributed by atoms with Gasteiger partial charge < -0.3 is 5.32 Å². The molecule has 0 bridgehead atoms. The maximum absolute atomic E-state index is 11.7. The predicted octanol–water partition coefficient (Wildman–Crippen LogP) is 1.45. The fourth-order valence-corrected chi connectivity index (χ4v) is 3.21. The number of hydrogen-bond acceptors (Lipinski definition) is 4. The zero-order chi connectivity index (χ0) is 11.2. The second-order valence-corrected chi connectivity index (χ2v) is 5.56. The van der Waals surface area contributed by atoms with Crippen molar-refractivity contribution < 1.29 is 13.2 Å². The Hall–Kier alpha value is -1.07. The van der Waals surface area contributed by atoms with Gasteiger partial charge in [-0.2, -0.15) is 0 Å². The minimum absolute atomic E-state index is 0.0434. The number of fused-ring (bicyclic) bond motifs is 1. The van der Waals surface area contributed by atoms with Gasteiger partial charge in [-0.3, -0.25) is 4.79 Å². The molecule has 0 fully saturated rings. The number of benzene rings is 1. The lowest BCUT2D eigenvalue weighted by atomic mass is 10.2. The first kappa shape index (κ1) is 10.4. The van der Waals surface area contributed by atoms with E-state index in [2.05, 4.69) is 5.32 Å². The van der Waals surface area contributed by atoms with Gasteiger partial charge in [-0.25, -0.2) is 8.42 Å². The summed E-state index contributed by atoms with van der Waals surface area (Å²) < 4.78 is 23.4. The predicted molar refractivity (Wildman–Crippen MR) is 56.7 cm³/mol. The van der Waals surface area contributed by atoms with Crippen molar-refractivity contribution in [1.29, 1.82) is 0 Å². The van der Waals surface area contributed by atoms with Crippen molar-refractivity contribution in [1.82, 2.24) is 0 Å². The average Bonchev–Trinajstić information content (AvgIpc) is 2.17. The largest absolute Gasteiger partial charge is 0.372 e. The molecule has 0 spiro atoms. The van der Waals surface area contributed by atoms with Crippen LogP contribution in [0.3, 0.4) is 0 Å². The van der Waals surface area contributed by atoms with E-state index in [0.29, 0.717) is 10.7 Å². The van der Waals surface area contributed by atoms with Gasteiger partial charge in [-0.15, -0.1) is 0 Å². The van der Waals surface area contributed by atoms with Gasteiger partial charge in [0, 0.05) is 0 Å². The van der Waals surface area contributed by atoms with E-state index >= 15 is 0 Å². The topological polar surface area (TPSA) is 63.2 Å². The maximum Gasteiger partial charge on any atom is 0.272 e. The Morgan fingerprint density at radius 1 is 1.40 bits per heavy atom. The Bertz CT molecular complexity index is 538. The third kappa shape index (κ3) is 1.42. The van der Waals surface area contributed by atoms with Gasteiger partial charge in [0.15, 0.2) is 0 Å². The fraction of sp³-hybridized carbons (Fsp3) is 0.222. The summed E-state index contributed by atoms with van der Waals surface area (Å²) in [7, 11) is -3.88. The van der Waals surface area contributed by atoms with Crippen LogP contribution in [-0.2, 0) is 14.6 Å². The van der Waals surface area contributed by atoms with Gasteiger partial charge in [-0.05, 0) is 19.1 Å². The quantitative estimate of drug-likeness (QED) is 0.752. The molecule has 1 heterocycles.